The molecule has 0 atom stereocenters. The SMILES string of the molecule is O=C(Nc1cc(-c2ccccc2Cl)cn2c(Br)cnc12)c1cccnc1. The largest absolute Gasteiger partial charge is 0.319 e. The number of anilines is 1. The lowest BCUT2D eigenvalue weighted by molar-refractivity contribution is 0.102. The van der Waals surface area contributed by atoms with Gasteiger partial charge >= 0.3 is 0 Å². The molecule has 7 heteroatoms. The number of nitrogens with one attached hydrogen (secondary N) is 1. The quantitative estimate of drug-likeness (QED) is 0.497. The molecule has 0 saturated carbocycles. The molecule has 0 aliphatic heterocycles. The Hall–Kier alpha value is -2.70. The van der Waals surface area contributed by atoms with Gasteiger partial charge in [0.25, 0.3) is 5.91 Å². The summed E-state index contributed by atoms with van der Waals surface area (Å²) in [6.07, 6.45) is 6.75. The van der Waals surface area contributed by atoms with E-state index in [0.29, 0.717) is 21.9 Å². The van der Waals surface area contributed by atoms with Gasteiger partial charge in [0.1, 0.15) is 4.60 Å². The highest BCUT2D eigenvalue weighted by molar-refractivity contribution is 9.10. The van der Waals surface area contributed by atoms with Gasteiger partial charge in [-0.15, -0.1) is 0 Å². The molecule has 26 heavy (non-hydrogen) atoms. The zero-order valence-electron chi connectivity index (χ0n) is 13.4. The van der Waals surface area contributed by atoms with E-state index in [4.69, 9.17) is 11.6 Å². The normalized spacial score (nSPS) is 10.8. The minimum atomic E-state index is -0.254. The number of pyridine rings is 2. The highest BCUT2D eigenvalue weighted by Crippen LogP contribution is 2.32. The maximum Gasteiger partial charge on any atom is 0.257 e. The van der Waals surface area contributed by atoms with Crippen LogP contribution in [0.25, 0.3) is 16.8 Å². The van der Waals surface area contributed by atoms with E-state index in [1.165, 1.54) is 6.20 Å². The molecule has 0 spiro atoms. The van der Waals surface area contributed by atoms with Crippen molar-refractivity contribution in [3.63, 3.8) is 0 Å². The van der Waals surface area contributed by atoms with E-state index in [1.807, 2.05) is 40.9 Å². The Morgan fingerprint density at radius 3 is 2.77 bits per heavy atom. The first-order chi connectivity index (χ1) is 12.6. The summed E-state index contributed by atoms with van der Waals surface area (Å²) < 4.78 is 2.63. The molecule has 1 N–H and O–H groups in total. The zero-order valence-corrected chi connectivity index (χ0v) is 15.7. The van der Waals surface area contributed by atoms with Gasteiger partial charge in [0.2, 0.25) is 0 Å². The summed E-state index contributed by atoms with van der Waals surface area (Å²) in [6.45, 7) is 0. The van der Waals surface area contributed by atoms with Crippen molar-refractivity contribution >= 4 is 44.8 Å². The Morgan fingerprint density at radius 2 is 2.00 bits per heavy atom. The van der Waals surface area contributed by atoms with Crippen LogP contribution in [0.4, 0.5) is 5.69 Å². The molecule has 1 aromatic carbocycles. The molecule has 0 saturated heterocycles. The molecule has 0 radical (unpaired) electrons. The van der Waals surface area contributed by atoms with E-state index in [-0.39, 0.29) is 5.91 Å². The minimum Gasteiger partial charge on any atom is -0.319 e. The number of hydrogen-bond acceptors (Lipinski definition) is 3. The van der Waals surface area contributed by atoms with Crippen LogP contribution in [0.15, 0.2) is 71.9 Å². The number of halogens is 2. The highest BCUT2D eigenvalue weighted by Gasteiger charge is 2.14. The van der Waals surface area contributed by atoms with Crippen LogP contribution in [0.2, 0.25) is 5.02 Å². The number of fused-ring (bicyclic) bond motifs is 1. The second-order valence-corrected chi connectivity index (χ2v) is 6.81. The Morgan fingerprint density at radius 1 is 1.15 bits per heavy atom. The zero-order chi connectivity index (χ0) is 18.1. The summed E-state index contributed by atoms with van der Waals surface area (Å²) in [5.41, 5.74) is 3.42. The third kappa shape index (κ3) is 3.09. The number of rotatable bonds is 3. The van der Waals surface area contributed by atoms with Gasteiger partial charge in [-0.1, -0.05) is 29.8 Å². The second-order valence-electron chi connectivity index (χ2n) is 5.59. The number of imidazole rings is 1. The molecule has 128 valence electrons. The molecule has 1 amide bonds. The Labute approximate surface area is 162 Å². The van der Waals surface area contributed by atoms with Crippen LogP contribution in [-0.2, 0) is 0 Å². The van der Waals surface area contributed by atoms with Crippen LogP contribution >= 0.6 is 27.5 Å². The molecule has 4 aromatic rings. The molecule has 0 bridgehead atoms. The van der Waals surface area contributed by atoms with Gasteiger partial charge in [0.05, 0.1) is 17.4 Å². The van der Waals surface area contributed by atoms with Crippen molar-refractivity contribution in [3.8, 4) is 11.1 Å². The maximum absolute atomic E-state index is 12.6. The van der Waals surface area contributed by atoms with Gasteiger partial charge in [-0.25, -0.2) is 4.98 Å². The van der Waals surface area contributed by atoms with Crippen molar-refractivity contribution in [2.45, 2.75) is 0 Å². The summed E-state index contributed by atoms with van der Waals surface area (Å²) in [6, 6.07) is 12.9. The average Bonchev–Trinajstić information content (AvgIpc) is 3.04. The van der Waals surface area contributed by atoms with Crippen molar-refractivity contribution in [1.29, 1.82) is 0 Å². The predicted octanol–water partition coefficient (Wildman–Crippen LogP) is 5.06. The number of nitrogens with zero attached hydrogens (tertiary/aromatic N) is 3. The number of amides is 1. The molecule has 4 rings (SSSR count). The van der Waals surface area contributed by atoms with Gasteiger partial charge in [-0.05, 0) is 40.2 Å². The monoisotopic (exact) mass is 426 g/mol. The average molecular weight is 428 g/mol. The number of carbonyl (C=O) groups is 1. The predicted molar refractivity (Wildman–Crippen MR) is 106 cm³/mol. The molecule has 0 aliphatic rings. The van der Waals surface area contributed by atoms with Gasteiger partial charge in [-0.2, -0.15) is 0 Å². The lowest BCUT2D eigenvalue weighted by Gasteiger charge is -2.11. The lowest BCUT2D eigenvalue weighted by atomic mass is 10.1. The van der Waals surface area contributed by atoms with Gasteiger partial charge < -0.3 is 5.32 Å². The van der Waals surface area contributed by atoms with E-state index in [2.05, 4.69) is 31.2 Å². The second kappa shape index (κ2) is 6.90. The van der Waals surface area contributed by atoms with E-state index in [0.717, 1.165) is 15.7 Å². The van der Waals surface area contributed by atoms with E-state index < -0.39 is 0 Å². The number of aromatic nitrogens is 3. The molecule has 0 aliphatic carbocycles. The minimum absolute atomic E-state index is 0.254. The van der Waals surface area contributed by atoms with Crippen LogP contribution in [-0.4, -0.2) is 20.3 Å². The van der Waals surface area contributed by atoms with Crippen LogP contribution in [0.1, 0.15) is 10.4 Å². The third-order valence-corrected chi connectivity index (χ3v) is 4.83. The first-order valence-corrected chi connectivity index (χ1v) is 8.93. The van der Waals surface area contributed by atoms with E-state index in [9.17, 15) is 4.79 Å². The molecule has 0 unspecified atom stereocenters. The number of benzene rings is 1. The molecular formula is C19H12BrClN4O. The van der Waals surface area contributed by atoms with Gasteiger partial charge in [0.15, 0.2) is 5.65 Å². The smallest absolute Gasteiger partial charge is 0.257 e. The third-order valence-electron chi connectivity index (χ3n) is 3.92. The first-order valence-electron chi connectivity index (χ1n) is 7.76. The standard InChI is InChI=1S/C19H12BrClN4O/c20-17-10-23-18-16(24-19(26)12-4-3-7-22-9-12)8-13(11-25(17)18)14-5-1-2-6-15(14)21/h1-11H,(H,24,26). The Kier molecular flexibility index (Phi) is 4.44. The molecular weight excluding hydrogens is 416 g/mol. The van der Waals surface area contributed by atoms with Crippen LogP contribution in [0.5, 0.6) is 0 Å². The summed E-state index contributed by atoms with van der Waals surface area (Å²) >= 11 is 9.83. The summed E-state index contributed by atoms with van der Waals surface area (Å²) in [5.74, 6) is -0.254. The molecule has 0 fully saturated rings. The molecule has 3 heterocycles. The van der Waals surface area contributed by atoms with E-state index in [1.54, 1.807) is 24.5 Å². The first kappa shape index (κ1) is 16.8. The van der Waals surface area contributed by atoms with Crippen molar-refractivity contribution in [2.24, 2.45) is 0 Å². The summed E-state index contributed by atoms with van der Waals surface area (Å²) in [7, 11) is 0. The molecule has 3 aromatic heterocycles. The maximum atomic E-state index is 12.6. The lowest BCUT2D eigenvalue weighted by Crippen LogP contribution is -2.13. The fourth-order valence-corrected chi connectivity index (χ4v) is 3.30. The summed E-state index contributed by atoms with van der Waals surface area (Å²) in [4.78, 5) is 20.9. The Bertz CT molecular complexity index is 1110. The van der Waals surface area contributed by atoms with Crippen LogP contribution in [0.3, 0.4) is 0 Å². The van der Waals surface area contributed by atoms with Gasteiger partial charge in [0, 0.05) is 34.7 Å². The number of carbonyl (C=O) groups excluding carboxylic acids is 1. The van der Waals surface area contributed by atoms with Crippen molar-refractivity contribution < 1.29 is 4.79 Å². The van der Waals surface area contributed by atoms with E-state index >= 15 is 0 Å². The highest BCUT2D eigenvalue weighted by atomic mass is 79.9. The fraction of sp³-hybridized carbons (Fsp3) is 0. The topological polar surface area (TPSA) is 59.3 Å². The fourth-order valence-electron chi connectivity index (χ4n) is 2.68. The van der Waals surface area contributed by atoms with Crippen LogP contribution in [0, 0.1) is 0 Å². The summed E-state index contributed by atoms with van der Waals surface area (Å²) in [5, 5.41) is 3.55. The number of hydrogen-bond donors (Lipinski definition) is 1. The van der Waals surface area contributed by atoms with Gasteiger partial charge in [-0.3, -0.25) is 14.2 Å². The Balaban J connectivity index is 1.83. The van der Waals surface area contributed by atoms with Crippen molar-refractivity contribution in [1.82, 2.24) is 14.4 Å². The molecule has 5 nitrogen and oxygen atoms in total. The van der Waals surface area contributed by atoms with Crippen molar-refractivity contribution in [2.75, 3.05) is 5.32 Å². The van der Waals surface area contributed by atoms with Crippen LogP contribution < -0.4 is 5.32 Å². The van der Waals surface area contributed by atoms with Crippen molar-refractivity contribution in [3.05, 3.63) is 82.4 Å².